The maximum absolute atomic E-state index is 5.17. The van der Waals surface area contributed by atoms with Gasteiger partial charge in [0, 0.05) is 26.7 Å². The topological polar surface area (TPSA) is 24.5 Å². The molecule has 0 spiro atoms. The van der Waals surface area contributed by atoms with Gasteiger partial charge in [0.1, 0.15) is 0 Å². The van der Waals surface area contributed by atoms with Crippen LogP contribution in [0.25, 0.3) is 0 Å². The van der Waals surface area contributed by atoms with Gasteiger partial charge in [-0.2, -0.15) is 0 Å². The fourth-order valence-corrected chi connectivity index (χ4v) is 1.48. The van der Waals surface area contributed by atoms with Gasteiger partial charge in [-0.3, -0.25) is 4.90 Å². The Labute approximate surface area is 68.7 Å². The van der Waals surface area contributed by atoms with E-state index in [0.29, 0.717) is 0 Å². The first-order valence-electron chi connectivity index (χ1n) is 4.10. The Morgan fingerprint density at radius 2 is 2.36 bits per heavy atom. The lowest BCUT2D eigenvalue weighted by atomic mass is 9.99. The second-order valence-electron chi connectivity index (χ2n) is 3.53. The molecule has 0 saturated carbocycles. The van der Waals surface area contributed by atoms with Crippen molar-refractivity contribution in [2.45, 2.75) is 12.5 Å². The quantitative estimate of drug-likeness (QED) is 0.608. The fourth-order valence-electron chi connectivity index (χ4n) is 1.48. The fraction of sp³-hybridized carbons (Fsp3) is 1.00. The molecule has 1 fully saturated rings. The highest BCUT2D eigenvalue weighted by atomic mass is 16.5. The van der Waals surface area contributed by atoms with Crippen LogP contribution in [0.4, 0.5) is 0 Å². The van der Waals surface area contributed by atoms with Crippen LogP contribution in [0, 0.1) is 0 Å². The van der Waals surface area contributed by atoms with Crippen LogP contribution in [0.1, 0.15) is 6.92 Å². The maximum atomic E-state index is 5.17. The van der Waals surface area contributed by atoms with Crippen molar-refractivity contribution in [3.8, 4) is 0 Å². The number of likely N-dealkylation sites (N-methyl/N-ethyl adjacent to an activating group) is 1. The minimum atomic E-state index is 0.188. The zero-order valence-electron chi connectivity index (χ0n) is 7.68. The summed E-state index contributed by atoms with van der Waals surface area (Å²) >= 11 is 0. The van der Waals surface area contributed by atoms with E-state index in [9.17, 15) is 0 Å². The van der Waals surface area contributed by atoms with Gasteiger partial charge in [-0.1, -0.05) is 0 Å². The minimum Gasteiger partial charge on any atom is -0.383 e. The van der Waals surface area contributed by atoms with Crippen LogP contribution < -0.4 is 5.32 Å². The number of rotatable bonds is 2. The zero-order chi connectivity index (χ0) is 8.32. The molecule has 1 atom stereocenters. The van der Waals surface area contributed by atoms with Gasteiger partial charge < -0.3 is 10.1 Å². The molecule has 0 aromatic carbocycles. The number of methoxy groups -OCH3 is 1. The van der Waals surface area contributed by atoms with Gasteiger partial charge in [0.05, 0.1) is 12.1 Å². The average molecular weight is 158 g/mol. The van der Waals surface area contributed by atoms with Crippen molar-refractivity contribution in [2.24, 2.45) is 0 Å². The minimum absolute atomic E-state index is 0.188. The molecular weight excluding hydrogens is 140 g/mol. The largest absolute Gasteiger partial charge is 0.383 e. The van der Waals surface area contributed by atoms with Crippen LogP contribution in [-0.2, 0) is 4.74 Å². The van der Waals surface area contributed by atoms with E-state index in [1.165, 1.54) is 0 Å². The average Bonchev–Trinajstić information content (AvgIpc) is 1.96. The Balaban J connectivity index is 2.49. The zero-order valence-corrected chi connectivity index (χ0v) is 7.68. The van der Waals surface area contributed by atoms with E-state index in [0.717, 1.165) is 26.2 Å². The van der Waals surface area contributed by atoms with Crippen LogP contribution in [0.5, 0.6) is 0 Å². The Morgan fingerprint density at radius 1 is 1.64 bits per heavy atom. The summed E-state index contributed by atoms with van der Waals surface area (Å²) in [5.74, 6) is 0. The lowest BCUT2D eigenvalue weighted by Crippen LogP contribution is -2.60. The van der Waals surface area contributed by atoms with Crippen molar-refractivity contribution < 1.29 is 4.74 Å². The SMILES string of the molecule is COCC1(C)CNCCN1C. The summed E-state index contributed by atoms with van der Waals surface area (Å²) in [6.45, 7) is 6.26. The Bertz CT molecular complexity index is 125. The molecule has 1 N–H and O–H groups in total. The molecule has 0 aliphatic carbocycles. The van der Waals surface area contributed by atoms with Crippen molar-refractivity contribution in [3.05, 3.63) is 0 Å². The summed E-state index contributed by atoms with van der Waals surface area (Å²) in [4.78, 5) is 2.35. The number of hydrogen-bond acceptors (Lipinski definition) is 3. The molecular formula is C8H18N2O. The van der Waals surface area contributed by atoms with Gasteiger partial charge in [-0.05, 0) is 14.0 Å². The smallest absolute Gasteiger partial charge is 0.0656 e. The Morgan fingerprint density at radius 3 is 2.91 bits per heavy atom. The highest BCUT2D eigenvalue weighted by Gasteiger charge is 2.31. The molecule has 1 rings (SSSR count). The maximum Gasteiger partial charge on any atom is 0.0656 e. The highest BCUT2D eigenvalue weighted by molar-refractivity contribution is 4.90. The summed E-state index contributed by atoms with van der Waals surface area (Å²) in [7, 11) is 3.91. The summed E-state index contributed by atoms with van der Waals surface area (Å²) in [5, 5.41) is 3.37. The van der Waals surface area contributed by atoms with Gasteiger partial charge >= 0.3 is 0 Å². The molecule has 0 radical (unpaired) electrons. The number of nitrogens with zero attached hydrogens (tertiary/aromatic N) is 1. The van der Waals surface area contributed by atoms with Crippen LogP contribution in [0.2, 0.25) is 0 Å². The van der Waals surface area contributed by atoms with Crippen LogP contribution in [0.15, 0.2) is 0 Å². The number of nitrogens with one attached hydrogen (secondary N) is 1. The molecule has 0 aromatic rings. The highest BCUT2D eigenvalue weighted by Crippen LogP contribution is 2.14. The third kappa shape index (κ3) is 1.92. The lowest BCUT2D eigenvalue weighted by Gasteiger charge is -2.42. The first-order valence-corrected chi connectivity index (χ1v) is 4.10. The summed E-state index contributed by atoms with van der Waals surface area (Å²) < 4.78 is 5.17. The molecule has 0 amide bonds. The van der Waals surface area contributed by atoms with Crippen molar-refractivity contribution in [1.82, 2.24) is 10.2 Å². The van der Waals surface area contributed by atoms with Gasteiger partial charge in [-0.25, -0.2) is 0 Å². The van der Waals surface area contributed by atoms with Gasteiger partial charge in [0.2, 0.25) is 0 Å². The van der Waals surface area contributed by atoms with Crippen molar-refractivity contribution in [3.63, 3.8) is 0 Å². The van der Waals surface area contributed by atoms with Crippen molar-refractivity contribution in [1.29, 1.82) is 0 Å². The van der Waals surface area contributed by atoms with Gasteiger partial charge in [0.15, 0.2) is 0 Å². The van der Waals surface area contributed by atoms with E-state index in [-0.39, 0.29) is 5.54 Å². The van der Waals surface area contributed by atoms with E-state index in [1.54, 1.807) is 7.11 Å². The molecule has 11 heavy (non-hydrogen) atoms. The molecule has 3 heteroatoms. The molecule has 1 heterocycles. The van der Waals surface area contributed by atoms with Crippen LogP contribution >= 0.6 is 0 Å². The number of piperazine rings is 1. The molecule has 66 valence electrons. The monoisotopic (exact) mass is 158 g/mol. The van der Waals surface area contributed by atoms with E-state index in [1.807, 2.05) is 0 Å². The van der Waals surface area contributed by atoms with E-state index < -0.39 is 0 Å². The van der Waals surface area contributed by atoms with Crippen LogP contribution in [-0.4, -0.2) is 50.8 Å². The molecule has 0 bridgehead atoms. The summed E-state index contributed by atoms with van der Waals surface area (Å²) in [6.07, 6.45) is 0. The first kappa shape index (κ1) is 8.97. The summed E-state index contributed by atoms with van der Waals surface area (Å²) in [5.41, 5.74) is 0.188. The lowest BCUT2D eigenvalue weighted by molar-refractivity contribution is 0.0223. The van der Waals surface area contributed by atoms with Crippen molar-refractivity contribution >= 4 is 0 Å². The van der Waals surface area contributed by atoms with Gasteiger partial charge in [-0.15, -0.1) is 0 Å². The molecule has 1 aliphatic rings. The predicted octanol–water partition coefficient (Wildman–Crippen LogP) is -0.0735. The van der Waals surface area contributed by atoms with E-state index in [4.69, 9.17) is 4.74 Å². The van der Waals surface area contributed by atoms with Crippen molar-refractivity contribution in [2.75, 3.05) is 40.4 Å². The predicted molar refractivity (Wildman–Crippen MR) is 45.8 cm³/mol. The summed E-state index contributed by atoms with van der Waals surface area (Å²) in [6, 6.07) is 0. The molecule has 1 aliphatic heterocycles. The van der Waals surface area contributed by atoms with Gasteiger partial charge in [0.25, 0.3) is 0 Å². The third-order valence-electron chi connectivity index (χ3n) is 2.51. The number of hydrogen-bond donors (Lipinski definition) is 1. The third-order valence-corrected chi connectivity index (χ3v) is 2.51. The normalized spacial score (nSPS) is 34.1. The standard InChI is InChI=1S/C8H18N2O/c1-8(7-11-3)6-9-4-5-10(8)2/h9H,4-7H2,1-3H3. The number of ether oxygens (including phenoxy) is 1. The molecule has 3 nitrogen and oxygen atoms in total. The Kier molecular flexibility index (Phi) is 2.87. The second-order valence-corrected chi connectivity index (χ2v) is 3.53. The molecule has 1 unspecified atom stereocenters. The van der Waals surface area contributed by atoms with E-state index >= 15 is 0 Å². The van der Waals surface area contributed by atoms with Crippen LogP contribution in [0.3, 0.4) is 0 Å². The second kappa shape index (κ2) is 3.52. The van der Waals surface area contributed by atoms with E-state index in [2.05, 4.69) is 24.2 Å². The Hall–Kier alpha value is -0.120. The molecule has 1 saturated heterocycles. The molecule has 0 aromatic heterocycles. The first-order chi connectivity index (χ1) is 5.19.